The average Bonchev–Trinajstić information content (AvgIpc) is 3.07. The Hall–Kier alpha value is -2.13. The zero-order valence-electron chi connectivity index (χ0n) is 11.8. The second kappa shape index (κ2) is 6.55. The van der Waals surface area contributed by atoms with Gasteiger partial charge in [-0.1, -0.05) is 42.5 Å². The number of benzene rings is 2. The lowest BCUT2D eigenvalue weighted by molar-refractivity contribution is 0.0161. The Morgan fingerprint density at radius 3 is 2.43 bits per heavy atom. The Kier molecular flexibility index (Phi) is 4.31. The quantitative estimate of drug-likeness (QED) is 0.802. The SMILES string of the molecule is O=C(OCC1CCCO1)c1ccc(-c2ccccc2)cc1. The van der Waals surface area contributed by atoms with Crippen LogP contribution in [-0.4, -0.2) is 25.3 Å². The van der Waals surface area contributed by atoms with Gasteiger partial charge in [0, 0.05) is 6.61 Å². The molecular weight excluding hydrogens is 264 g/mol. The van der Waals surface area contributed by atoms with E-state index < -0.39 is 0 Å². The van der Waals surface area contributed by atoms with Gasteiger partial charge in [0.05, 0.1) is 11.7 Å². The summed E-state index contributed by atoms with van der Waals surface area (Å²) in [5.41, 5.74) is 2.80. The van der Waals surface area contributed by atoms with Crippen LogP contribution >= 0.6 is 0 Å². The molecule has 2 aromatic rings. The second-order valence-electron chi connectivity index (χ2n) is 5.18. The van der Waals surface area contributed by atoms with E-state index in [1.807, 2.05) is 42.5 Å². The second-order valence-corrected chi connectivity index (χ2v) is 5.18. The van der Waals surface area contributed by atoms with Crippen LogP contribution in [0, 0.1) is 0 Å². The van der Waals surface area contributed by atoms with Gasteiger partial charge in [-0.15, -0.1) is 0 Å². The van der Waals surface area contributed by atoms with E-state index in [0.29, 0.717) is 12.2 Å². The fourth-order valence-electron chi connectivity index (χ4n) is 2.46. The van der Waals surface area contributed by atoms with Crippen molar-refractivity contribution in [2.75, 3.05) is 13.2 Å². The molecule has 21 heavy (non-hydrogen) atoms. The lowest BCUT2D eigenvalue weighted by atomic mass is 10.0. The molecule has 1 atom stereocenters. The van der Waals surface area contributed by atoms with Gasteiger partial charge in [0.15, 0.2) is 0 Å². The van der Waals surface area contributed by atoms with Crippen molar-refractivity contribution in [1.29, 1.82) is 0 Å². The first-order valence-electron chi connectivity index (χ1n) is 7.27. The van der Waals surface area contributed by atoms with Gasteiger partial charge in [-0.3, -0.25) is 0 Å². The highest BCUT2D eigenvalue weighted by Gasteiger charge is 2.18. The van der Waals surface area contributed by atoms with Gasteiger partial charge < -0.3 is 9.47 Å². The molecule has 0 spiro atoms. The minimum atomic E-state index is -0.287. The number of hydrogen-bond donors (Lipinski definition) is 0. The molecule has 3 nitrogen and oxygen atoms in total. The van der Waals surface area contributed by atoms with Crippen molar-refractivity contribution in [3.8, 4) is 11.1 Å². The molecule has 1 saturated heterocycles. The summed E-state index contributed by atoms with van der Waals surface area (Å²) in [4.78, 5) is 12.0. The number of rotatable bonds is 4. The highest BCUT2D eigenvalue weighted by Crippen LogP contribution is 2.20. The fraction of sp³-hybridized carbons (Fsp3) is 0.278. The Bertz CT molecular complexity index is 584. The molecule has 1 aliphatic rings. The highest BCUT2D eigenvalue weighted by atomic mass is 16.6. The average molecular weight is 282 g/mol. The van der Waals surface area contributed by atoms with Crippen LogP contribution in [0.2, 0.25) is 0 Å². The molecule has 0 radical (unpaired) electrons. The van der Waals surface area contributed by atoms with E-state index >= 15 is 0 Å². The van der Waals surface area contributed by atoms with Crippen molar-refractivity contribution >= 4 is 5.97 Å². The summed E-state index contributed by atoms with van der Waals surface area (Å²) in [7, 11) is 0. The maximum absolute atomic E-state index is 12.0. The molecule has 108 valence electrons. The van der Waals surface area contributed by atoms with E-state index in [1.165, 1.54) is 0 Å². The number of hydrogen-bond acceptors (Lipinski definition) is 3. The van der Waals surface area contributed by atoms with Crippen LogP contribution < -0.4 is 0 Å². The molecule has 0 amide bonds. The summed E-state index contributed by atoms with van der Waals surface area (Å²) < 4.78 is 10.7. The molecule has 0 aromatic heterocycles. The van der Waals surface area contributed by atoms with E-state index in [4.69, 9.17) is 9.47 Å². The number of carbonyl (C=O) groups is 1. The summed E-state index contributed by atoms with van der Waals surface area (Å²) in [6.07, 6.45) is 2.09. The Morgan fingerprint density at radius 1 is 1.05 bits per heavy atom. The summed E-state index contributed by atoms with van der Waals surface area (Å²) >= 11 is 0. The summed E-state index contributed by atoms with van der Waals surface area (Å²) in [5.74, 6) is -0.287. The molecule has 0 N–H and O–H groups in total. The smallest absolute Gasteiger partial charge is 0.338 e. The monoisotopic (exact) mass is 282 g/mol. The van der Waals surface area contributed by atoms with Gasteiger partial charge in [0.1, 0.15) is 6.61 Å². The van der Waals surface area contributed by atoms with Gasteiger partial charge in [-0.2, -0.15) is 0 Å². The number of esters is 1. The molecular formula is C18H18O3. The van der Waals surface area contributed by atoms with Crippen LogP contribution in [0.1, 0.15) is 23.2 Å². The molecule has 0 aliphatic carbocycles. The maximum atomic E-state index is 12.0. The third-order valence-corrected chi connectivity index (χ3v) is 3.65. The molecule has 3 rings (SSSR count). The zero-order valence-corrected chi connectivity index (χ0v) is 11.8. The molecule has 1 aliphatic heterocycles. The van der Waals surface area contributed by atoms with Crippen LogP contribution in [0.3, 0.4) is 0 Å². The van der Waals surface area contributed by atoms with Crippen molar-refractivity contribution in [3.05, 3.63) is 60.2 Å². The topological polar surface area (TPSA) is 35.5 Å². The predicted octanol–water partition coefficient (Wildman–Crippen LogP) is 3.69. The van der Waals surface area contributed by atoms with E-state index in [1.54, 1.807) is 12.1 Å². The van der Waals surface area contributed by atoms with Crippen LogP contribution in [0.4, 0.5) is 0 Å². The molecule has 3 heteroatoms. The van der Waals surface area contributed by atoms with Crippen LogP contribution in [-0.2, 0) is 9.47 Å². The lowest BCUT2D eigenvalue weighted by Gasteiger charge is -2.10. The summed E-state index contributed by atoms with van der Waals surface area (Å²) in [6, 6.07) is 17.6. The van der Waals surface area contributed by atoms with Crippen LogP contribution in [0.5, 0.6) is 0 Å². The maximum Gasteiger partial charge on any atom is 0.338 e. The molecule has 0 saturated carbocycles. The Labute approximate surface area is 124 Å². The molecule has 1 heterocycles. The van der Waals surface area contributed by atoms with Gasteiger partial charge in [-0.05, 0) is 36.1 Å². The normalized spacial score (nSPS) is 17.6. The van der Waals surface area contributed by atoms with Crippen molar-refractivity contribution in [3.63, 3.8) is 0 Å². The van der Waals surface area contributed by atoms with Crippen molar-refractivity contribution in [2.24, 2.45) is 0 Å². The van der Waals surface area contributed by atoms with Crippen molar-refractivity contribution < 1.29 is 14.3 Å². The largest absolute Gasteiger partial charge is 0.459 e. The Morgan fingerprint density at radius 2 is 1.76 bits per heavy atom. The first-order valence-corrected chi connectivity index (χ1v) is 7.27. The summed E-state index contributed by atoms with van der Waals surface area (Å²) in [5, 5.41) is 0. The van der Waals surface area contributed by atoms with E-state index in [9.17, 15) is 4.79 Å². The highest BCUT2D eigenvalue weighted by molar-refractivity contribution is 5.90. The van der Waals surface area contributed by atoms with Crippen LogP contribution in [0.15, 0.2) is 54.6 Å². The molecule has 1 unspecified atom stereocenters. The van der Waals surface area contributed by atoms with E-state index in [2.05, 4.69) is 0 Å². The first-order chi connectivity index (χ1) is 10.3. The minimum absolute atomic E-state index is 0.0672. The lowest BCUT2D eigenvalue weighted by Crippen LogP contribution is -2.17. The third kappa shape index (κ3) is 3.50. The molecule has 1 fully saturated rings. The van der Waals surface area contributed by atoms with Gasteiger partial charge in [0.2, 0.25) is 0 Å². The molecule has 2 aromatic carbocycles. The fourth-order valence-corrected chi connectivity index (χ4v) is 2.46. The Balaban J connectivity index is 1.62. The predicted molar refractivity (Wildman–Crippen MR) is 81.1 cm³/mol. The van der Waals surface area contributed by atoms with E-state index in [0.717, 1.165) is 30.6 Å². The van der Waals surface area contributed by atoms with Gasteiger partial charge >= 0.3 is 5.97 Å². The number of ether oxygens (including phenoxy) is 2. The standard InChI is InChI=1S/C18H18O3/c19-18(21-13-17-7-4-12-20-17)16-10-8-15(9-11-16)14-5-2-1-3-6-14/h1-3,5-6,8-11,17H,4,7,12-13H2. The van der Waals surface area contributed by atoms with Gasteiger partial charge in [0.25, 0.3) is 0 Å². The summed E-state index contributed by atoms with van der Waals surface area (Å²) in [6.45, 7) is 1.12. The number of carbonyl (C=O) groups excluding carboxylic acids is 1. The van der Waals surface area contributed by atoms with E-state index in [-0.39, 0.29) is 12.1 Å². The van der Waals surface area contributed by atoms with Gasteiger partial charge in [-0.25, -0.2) is 4.79 Å². The minimum Gasteiger partial charge on any atom is -0.459 e. The third-order valence-electron chi connectivity index (χ3n) is 3.65. The van der Waals surface area contributed by atoms with Crippen molar-refractivity contribution in [1.82, 2.24) is 0 Å². The molecule has 0 bridgehead atoms. The van der Waals surface area contributed by atoms with Crippen molar-refractivity contribution in [2.45, 2.75) is 18.9 Å². The van der Waals surface area contributed by atoms with Crippen LogP contribution in [0.25, 0.3) is 11.1 Å². The zero-order chi connectivity index (χ0) is 14.5. The first kappa shape index (κ1) is 13.8.